The lowest BCUT2D eigenvalue weighted by molar-refractivity contribution is -0.139. The fraction of sp³-hybridized carbons (Fsp3) is 0.556. The van der Waals surface area contributed by atoms with E-state index in [1.807, 2.05) is 6.55 Å². The summed E-state index contributed by atoms with van der Waals surface area (Å²) in [6.07, 6.45) is 0.609. The molecule has 0 saturated carbocycles. The molecule has 0 fully saturated rings. The molecule has 0 N–H and O–H groups in total. The monoisotopic (exact) mass is 216 g/mol. The molecule has 0 radical (unpaired) electrons. The van der Waals surface area contributed by atoms with E-state index in [4.69, 9.17) is 9.47 Å². The number of carbonyl (C=O) groups is 2. The third kappa shape index (κ3) is 5.53. The molecule has 0 atom stereocenters. The van der Waals surface area contributed by atoms with Crippen molar-refractivity contribution >= 4 is 20.0 Å². The number of hydrogen-bond donors (Lipinski definition) is 0. The first-order chi connectivity index (χ1) is 6.39. The molecule has 0 aromatic carbocycles. The van der Waals surface area contributed by atoms with Gasteiger partial charge in [0.1, 0.15) is 0 Å². The quantitative estimate of drug-likeness (QED) is 0.508. The van der Waals surface area contributed by atoms with Crippen LogP contribution >= 0.6 is 0 Å². The predicted octanol–water partition coefficient (Wildman–Crippen LogP) is 0.995. The molecular weight excluding hydrogens is 200 g/mol. The molecule has 0 rings (SSSR count). The van der Waals surface area contributed by atoms with Crippen LogP contribution in [0, 0.1) is 0 Å². The molecule has 0 aliphatic rings. The number of rotatable bonds is 5. The van der Waals surface area contributed by atoms with Crippen LogP contribution in [0.1, 0.15) is 13.8 Å². The van der Waals surface area contributed by atoms with Gasteiger partial charge in [0.05, 0.1) is 12.5 Å². The predicted molar refractivity (Wildman–Crippen MR) is 55.1 cm³/mol. The molecule has 0 aromatic heterocycles. The van der Waals surface area contributed by atoms with Crippen LogP contribution in [0.4, 0.5) is 0 Å². The summed E-state index contributed by atoms with van der Waals surface area (Å²) >= 11 is 0. The van der Waals surface area contributed by atoms with Crippen LogP contribution < -0.4 is 0 Å². The Morgan fingerprint density at radius 3 is 1.79 bits per heavy atom. The van der Waals surface area contributed by atoms with Gasteiger partial charge in [0.15, 0.2) is 8.07 Å². The summed E-state index contributed by atoms with van der Waals surface area (Å²) in [4.78, 5) is 21.2. The van der Waals surface area contributed by atoms with Crippen molar-refractivity contribution < 1.29 is 19.1 Å². The third-order valence-electron chi connectivity index (χ3n) is 1.70. The lowest BCUT2D eigenvalue weighted by Gasteiger charge is -2.21. The van der Waals surface area contributed by atoms with Crippen LogP contribution in [0.2, 0.25) is 6.55 Å². The highest BCUT2D eigenvalue weighted by molar-refractivity contribution is 6.83. The number of ether oxygens (including phenoxy) is 2. The molecule has 80 valence electrons. The standard InChI is InChI=1S/C9H16O4Si/c1-5-14(4,6-12-8(2)10)7-13-9(3)11/h5H,1,6-7H2,2-4H3. The van der Waals surface area contributed by atoms with Crippen LogP contribution in [0.15, 0.2) is 12.3 Å². The summed E-state index contributed by atoms with van der Waals surface area (Å²) in [5.74, 6) is -0.651. The number of esters is 2. The second-order valence-corrected chi connectivity index (χ2v) is 7.71. The van der Waals surface area contributed by atoms with Gasteiger partial charge in [-0.05, 0) is 0 Å². The van der Waals surface area contributed by atoms with Crippen LogP contribution in [-0.2, 0) is 19.1 Å². The maximum absolute atomic E-state index is 10.6. The van der Waals surface area contributed by atoms with Gasteiger partial charge < -0.3 is 9.47 Å². The average Bonchev–Trinajstić information content (AvgIpc) is 2.11. The minimum absolute atomic E-state index is 0.305. The number of carbonyl (C=O) groups excluding carboxylic acids is 2. The second-order valence-electron chi connectivity index (χ2n) is 3.42. The van der Waals surface area contributed by atoms with Gasteiger partial charge in [-0.25, -0.2) is 0 Å². The SMILES string of the molecule is C=C[Si](C)(COC(C)=O)COC(C)=O. The lowest BCUT2D eigenvalue weighted by atomic mass is 10.8. The molecule has 0 unspecified atom stereocenters. The minimum Gasteiger partial charge on any atom is -0.469 e. The van der Waals surface area contributed by atoms with E-state index in [9.17, 15) is 9.59 Å². The van der Waals surface area contributed by atoms with Crippen molar-refractivity contribution in [3.05, 3.63) is 12.3 Å². The van der Waals surface area contributed by atoms with Gasteiger partial charge >= 0.3 is 11.9 Å². The maximum Gasteiger partial charge on any atom is 0.302 e. The normalized spacial score (nSPS) is 10.5. The van der Waals surface area contributed by atoms with Gasteiger partial charge in [-0.15, -0.1) is 6.58 Å². The van der Waals surface area contributed by atoms with Gasteiger partial charge in [-0.2, -0.15) is 0 Å². The Morgan fingerprint density at radius 1 is 1.21 bits per heavy atom. The van der Waals surface area contributed by atoms with Crippen LogP contribution in [0.5, 0.6) is 0 Å². The second kappa shape index (κ2) is 5.59. The van der Waals surface area contributed by atoms with E-state index in [2.05, 4.69) is 6.58 Å². The molecule has 0 aromatic rings. The fourth-order valence-corrected chi connectivity index (χ4v) is 2.08. The van der Waals surface area contributed by atoms with Crippen LogP contribution in [0.3, 0.4) is 0 Å². The first-order valence-electron chi connectivity index (χ1n) is 4.30. The van der Waals surface area contributed by atoms with Crippen molar-refractivity contribution in [2.45, 2.75) is 20.4 Å². The van der Waals surface area contributed by atoms with Crippen molar-refractivity contribution in [2.24, 2.45) is 0 Å². The Morgan fingerprint density at radius 2 is 1.57 bits per heavy atom. The maximum atomic E-state index is 10.6. The highest BCUT2D eigenvalue weighted by atomic mass is 28.3. The van der Waals surface area contributed by atoms with E-state index < -0.39 is 8.07 Å². The Bertz CT molecular complexity index is 219. The lowest BCUT2D eigenvalue weighted by Crippen LogP contribution is -2.41. The summed E-state index contributed by atoms with van der Waals surface area (Å²) in [6, 6.07) is 0. The zero-order chi connectivity index (χ0) is 11.2. The summed E-state index contributed by atoms with van der Waals surface area (Å²) in [6.45, 7) is 8.31. The zero-order valence-electron chi connectivity index (χ0n) is 8.83. The summed E-state index contributed by atoms with van der Waals surface area (Å²) in [5.41, 5.74) is 1.75. The smallest absolute Gasteiger partial charge is 0.302 e. The molecular formula is C9H16O4Si. The average molecular weight is 216 g/mol. The van der Waals surface area contributed by atoms with E-state index in [1.165, 1.54) is 13.8 Å². The van der Waals surface area contributed by atoms with Crippen molar-refractivity contribution in [3.63, 3.8) is 0 Å². The molecule has 0 heterocycles. The summed E-state index contributed by atoms with van der Waals surface area (Å²) in [7, 11) is -1.97. The van der Waals surface area contributed by atoms with Crippen molar-refractivity contribution in [3.8, 4) is 0 Å². The van der Waals surface area contributed by atoms with E-state index >= 15 is 0 Å². The minimum atomic E-state index is -1.97. The van der Waals surface area contributed by atoms with Gasteiger partial charge in [0.2, 0.25) is 0 Å². The Labute approximate surface area is 84.9 Å². The van der Waals surface area contributed by atoms with Crippen LogP contribution in [-0.4, -0.2) is 32.5 Å². The molecule has 0 aliphatic heterocycles. The van der Waals surface area contributed by atoms with Crippen molar-refractivity contribution in [1.82, 2.24) is 0 Å². The van der Waals surface area contributed by atoms with E-state index in [1.54, 1.807) is 5.70 Å². The molecule has 0 bridgehead atoms. The highest BCUT2D eigenvalue weighted by Gasteiger charge is 2.27. The first kappa shape index (κ1) is 12.9. The van der Waals surface area contributed by atoms with Gasteiger partial charge in [0, 0.05) is 13.8 Å². The molecule has 0 amide bonds. The van der Waals surface area contributed by atoms with E-state index in [0.29, 0.717) is 12.5 Å². The van der Waals surface area contributed by atoms with Crippen molar-refractivity contribution in [2.75, 3.05) is 12.5 Å². The Hall–Kier alpha value is -1.10. The molecule has 4 nitrogen and oxygen atoms in total. The molecule has 0 spiro atoms. The van der Waals surface area contributed by atoms with Crippen LogP contribution in [0.25, 0.3) is 0 Å². The third-order valence-corrected chi connectivity index (χ3v) is 4.30. The topological polar surface area (TPSA) is 52.6 Å². The Kier molecular flexibility index (Phi) is 5.15. The molecule has 14 heavy (non-hydrogen) atoms. The zero-order valence-corrected chi connectivity index (χ0v) is 9.83. The van der Waals surface area contributed by atoms with Gasteiger partial charge in [0.25, 0.3) is 0 Å². The van der Waals surface area contributed by atoms with Gasteiger partial charge in [-0.1, -0.05) is 12.2 Å². The van der Waals surface area contributed by atoms with Gasteiger partial charge in [-0.3, -0.25) is 9.59 Å². The molecule has 0 saturated heterocycles. The fourth-order valence-electron chi connectivity index (χ4n) is 0.693. The molecule has 5 heteroatoms. The van der Waals surface area contributed by atoms with E-state index in [-0.39, 0.29) is 11.9 Å². The number of hydrogen-bond acceptors (Lipinski definition) is 4. The highest BCUT2D eigenvalue weighted by Crippen LogP contribution is 2.05. The Balaban J connectivity index is 4.10. The molecule has 0 aliphatic carbocycles. The summed E-state index contributed by atoms with van der Waals surface area (Å²) < 4.78 is 9.78. The van der Waals surface area contributed by atoms with E-state index in [0.717, 1.165) is 0 Å². The first-order valence-corrected chi connectivity index (χ1v) is 7.29. The largest absolute Gasteiger partial charge is 0.469 e. The summed E-state index contributed by atoms with van der Waals surface area (Å²) in [5, 5.41) is 0. The van der Waals surface area contributed by atoms with Crippen molar-refractivity contribution in [1.29, 1.82) is 0 Å².